The van der Waals surface area contributed by atoms with E-state index in [0.29, 0.717) is 16.6 Å². The number of amidine groups is 1. The summed E-state index contributed by atoms with van der Waals surface area (Å²) in [4.78, 5) is 17.7. The van der Waals surface area contributed by atoms with Gasteiger partial charge in [0.05, 0.1) is 21.8 Å². The van der Waals surface area contributed by atoms with Crippen molar-refractivity contribution in [1.29, 1.82) is 5.26 Å². The molecular weight excluding hydrogens is 322 g/mol. The molecule has 122 valence electrons. The molecule has 1 aromatic carbocycles. The molecule has 0 unspecified atom stereocenters. The van der Waals surface area contributed by atoms with Gasteiger partial charge in [0.25, 0.3) is 0 Å². The molecule has 4 fully saturated rings. The van der Waals surface area contributed by atoms with Gasteiger partial charge >= 0.3 is 0 Å². The van der Waals surface area contributed by atoms with Crippen molar-refractivity contribution < 1.29 is 4.84 Å². The molecule has 1 N–H and O–H groups in total. The van der Waals surface area contributed by atoms with Crippen LogP contribution in [0.25, 0.3) is 10.2 Å². The zero-order chi connectivity index (χ0) is 16.1. The predicted molar refractivity (Wildman–Crippen MR) is 92.2 cm³/mol. The number of hydrogen-bond donors (Lipinski definition) is 1. The Hall–Kier alpha value is -2.01. The lowest BCUT2D eigenvalue weighted by molar-refractivity contribution is -0.150. The van der Waals surface area contributed by atoms with Crippen molar-refractivity contribution in [3.05, 3.63) is 23.8 Å². The molecule has 1 atom stereocenters. The third-order valence-corrected chi connectivity index (χ3v) is 6.33. The maximum absolute atomic E-state index is 8.99. The number of aromatic nitrogens is 1. The molecule has 2 bridgehead atoms. The molecule has 7 heteroatoms. The first-order valence-electron chi connectivity index (χ1n) is 8.29. The smallest absolute Gasteiger partial charge is 0.211 e. The molecular formula is C17H17N5OS. The zero-order valence-corrected chi connectivity index (χ0v) is 14.0. The maximum Gasteiger partial charge on any atom is 0.211 e. The molecule has 1 aromatic heterocycles. The van der Waals surface area contributed by atoms with Crippen molar-refractivity contribution >= 4 is 32.5 Å². The standard InChI is InChI=1S/C17H17N5OS/c18-9-11-1-2-14-13(7-11)19-16(24-14)20-15-8-17(23-21-15)10-22-5-3-12(17)4-6-22/h1-2,7,12H,3-6,8,10H2,(H,19,20,21)/t17-/m0/s1. The zero-order valence-electron chi connectivity index (χ0n) is 13.2. The Bertz CT molecular complexity index is 877. The van der Waals surface area contributed by atoms with E-state index in [0.717, 1.165) is 29.0 Å². The Kier molecular flexibility index (Phi) is 3.13. The van der Waals surface area contributed by atoms with Gasteiger partial charge in [-0.15, -0.1) is 0 Å². The first kappa shape index (κ1) is 14.3. The van der Waals surface area contributed by atoms with Crippen molar-refractivity contribution in [2.45, 2.75) is 24.9 Å². The van der Waals surface area contributed by atoms with Crippen LogP contribution in [-0.4, -0.2) is 41.0 Å². The van der Waals surface area contributed by atoms with Crippen LogP contribution < -0.4 is 5.48 Å². The number of hydroxylamine groups is 1. The third-order valence-electron chi connectivity index (χ3n) is 5.40. The first-order chi connectivity index (χ1) is 11.7. The molecule has 0 saturated carbocycles. The van der Waals surface area contributed by atoms with Crippen LogP contribution in [0.2, 0.25) is 0 Å². The summed E-state index contributed by atoms with van der Waals surface area (Å²) in [5.41, 5.74) is 4.40. The van der Waals surface area contributed by atoms with Crippen LogP contribution in [0.15, 0.2) is 23.2 Å². The van der Waals surface area contributed by atoms with E-state index in [9.17, 15) is 0 Å². The van der Waals surface area contributed by atoms with Crippen LogP contribution in [0.4, 0.5) is 5.13 Å². The van der Waals surface area contributed by atoms with Crippen molar-refractivity contribution in [1.82, 2.24) is 15.4 Å². The van der Waals surface area contributed by atoms with Gasteiger partial charge in [-0.25, -0.2) is 9.98 Å². The molecule has 0 aliphatic carbocycles. The highest BCUT2D eigenvalue weighted by Gasteiger charge is 2.52. The van der Waals surface area contributed by atoms with E-state index in [4.69, 9.17) is 10.1 Å². The van der Waals surface area contributed by atoms with Gasteiger partial charge in [0, 0.05) is 13.0 Å². The Morgan fingerprint density at radius 3 is 3.04 bits per heavy atom. The molecule has 6 rings (SSSR count). The van der Waals surface area contributed by atoms with Crippen LogP contribution in [0.5, 0.6) is 0 Å². The first-order valence-corrected chi connectivity index (χ1v) is 9.10. The van der Waals surface area contributed by atoms with Gasteiger partial charge in [-0.05, 0) is 50.0 Å². The lowest BCUT2D eigenvalue weighted by Gasteiger charge is -2.49. The Morgan fingerprint density at radius 2 is 2.29 bits per heavy atom. The quantitative estimate of drug-likeness (QED) is 0.864. The summed E-state index contributed by atoms with van der Waals surface area (Å²) in [6.45, 7) is 3.39. The summed E-state index contributed by atoms with van der Waals surface area (Å²) in [6, 6.07) is 7.71. The fourth-order valence-electron chi connectivity index (χ4n) is 4.17. The minimum absolute atomic E-state index is 0.111. The normalized spacial score (nSPS) is 33.2. The second-order valence-corrected chi connectivity index (χ2v) is 7.85. The Labute approximate surface area is 143 Å². The Morgan fingerprint density at radius 1 is 1.42 bits per heavy atom. The molecule has 24 heavy (non-hydrogen) atoms. The number of nitrogens with zero attached hydrogens (tertiary/aromatic N) is 4. The average molecular weight is 339 g/mol. The molecule has 4 aliphatic rings. The monoisotopic (exact) mass is 339 g/mol. The van der Waals surface area contributed by atoms with Gasteiger partial charge in [0.15, 0.2) is 0 Å². The van der Waals surface area contributed by atoms with Crippen molar-refractivity contribution in [3.63, 3.8) is 0 Å². The minimum atomic E-state index is -0.111. The molecule has 4 saturated heterocycles. The highest BCUT2D eigenvalue weighted by atomic mass is 32.1. The minimum Gasteiger partial charge on any atom is -0.300 e. The van der Waals surface area contributed by atoms with E-state index in [1.807, 2.05) is 18.2 Å². The van der Waals surface area contributed by atoms with Gasteiger partial charge in [0.1, 0.15) is 11.4 Å². The van der Waals surface area contributed by atoms with Crippen LogP contribution in [-0.2, 0) is 4.84 Å². The Balaban J connectivity index is 1.42. The molecule has 4 aliphatic heterocycles. The van der Waals surface area contributed by atoms with Gasteiger partial charge in [-0.3, -0.25) is 10.3 Å². The largest absolute Gasteiger partial charge is 0.300 e. The maximum atomic E-state index is 8.99. The average Bonchev–Trinajstić information content (AvgIpc) is 3.19. The number of benzene rings is 1. The summed E-state index contributed by atoms with van der Waals surface area (Å²) >= 11 is 1.54. The molecule has 6 nitrogen and oxygen atoms in total. The lowest BCUT2D eigenvalue weighted by Crippen LogP contribution is -2.59. The van der Waals surface area contributed by atoms with Crippen LogP contribution >= 0.6 is 11.3 Å². The molecule has 5 heterocycles. The van der Waals surface area contributed by atoms with E-state index in [1.165, 1.54) is 37.3 Å². The number of hydrogen-bond acceptors (Lipinski definition) is 6. The van der Waals surface area contributed by atoms with E-state index < -0.39 is 0 Å². The lowest BCUT2D eigenvalue weighted by atomic mass is 9.74. The van der Waals surface area contributed by atoms with Crippen molar-refractivity contribution in [3.8, 4) is 6.07 Å². The summed E-state index contributed by atoms with van der Waals surface area (Å²) in [7, 11) is 0. The van der Waals surface area contributed by atoms with E-state index in [1.54, 1.807) is 0 Å². The SMILES string of the molecule is N#Cc1ccc2sc(N=C3C[C@@]4(CN5CCC4CC5)ON3)nc2c1. The number of rotatable bonds is 1. The van der Waals surface area contributed by atoms with E-state index >= 15 is 0 Å². The number of aliphatic imine (C=N–C) groups is 1. The number of thiazole rings is 1. The molecule has 0 amide bonds. The van der Waals surface area contributed by atoms with Gasteiger partial charge < -0.3 is 4.90 Å². The van der Waals surface area contributed by atoms with Gasteiger partial charge in [-0.2, -0.15) is 5.26 Å². The highest BCUT2D eigenvalue weighted by Crippen LogP contribution is 2.42. The second-order valence-electron chi connectivity index (χ2n) is 6.85. The molecule has 2 aromatic rings. The third kappa shape index (κ3) is 2.22. The van der Waals surface area contributed by atoms with E-state index in [-0.39, 0.29) is 5.60 Å². The predicted octanol–water partition coefficient (Wildman–Crippen LogP) is 2.59. The van der Waals surface area contributed by atoms with Crippen molar-refractivity contribution in [2.24, 2.45) is 10.9 Å². The van der Waals surface area contributed by atoms with Crippen LogP contribution in [0.1, 0.15) is 24.8 Å². The molecule has 1 spiro atoms. The second kappa shape index (κ2) is 5.24. The van der Waals surface area contributed by atoms with Gasteiger partial charge in [0.2, 0.25) is 5.13 Å². The van der Waals surface area contributed by atoms with E-state index in [2.05, 4.69) is 26.4 Å². The number of nitriles is 1. The van der Waals surface area contributed by atoms with Gasteiger partial charge in [-0.1, -0.05) is 11.3 Å². The van der Waals surface area contributed by atoms with Crippen molar-refractivity contribution in [2.75, 3.05) is 19.6 Å². The summed E-state index contributed by atoms with van der Waals surface area (Å²) in [6.07, 6.45) is 3.26. The molecule has 0 radical (unpaired) electrons. The topological polar surface area (TPSA) is 73.5 Å². The number of piperidine rings is 3. The highest BCUT2D eigenvalue weighted by molar-refractivity contribution is 7.22. The summed E-state index contributed by atoms with van der Waals surface area (Å²) in [5.74, 6) is 1.49. The fourth-order valence-corrected chi connectivity index (χ4v) is 5.01. The van der Waals surface area contributed by atoms with Crippen LogP contribution in [0, 0.1) is 17.2 Å². The fraction of sp³-hybridized carbons (Fsp3) is 0.471. The summed E-state index contributed by atoms with van der Waals surface area (Å²) < 4.78 is 1.05. The number of nitrogens with one attached hydrogen (secondary N) is 1. The summed E-state index contributed by atoms with van der Waals surface area (Å²) in [5, 5.41) is 9.71. The number of fused-ring (bicyclic) bond motifs is 3. The van der Waals surface area contributed by atoms with Crippen LogP contribution in [0.3, 0.4) is 0 Å².